The summed E-state index contributed by atoms with van der Waals surface area (Å²) in [5.41, 5.74) is 0.844. The van der Waals surface area contributed by atoms with Crippen LogP contribution in [0.3, 0.4) is 0 Å². The van der Waals surface area contributed by atoms with Gasteiger partial charge in [0.1, 0.15) is 11.8 Å². The van der Waals surface area contributed by atoms with E-state index in [-0.39, 0.29) is 12.5 Å². The molecule has 0 aliphatic rings. The molecule has 0 fully saturated rings. The van der Waals surface area contributed by atoms with Gasteiger partial charge in [-0.1, -0.05) is 18.2 Å². The summed E-state index contributed by atoms with van der Waals surface area (Å²) in [5.74, 6) is -0.0290. The van der Waals surface area contributed by atoms with Gasteiger partial charge in [-0.05, 0) is 18.6 Å². The summed E-state index contributed by atoms with van der Waals surface area (Å²) in [5, 5.41) is 2.60. The lowest BCUT2D eigenvalue weighted by Crippen LogP contribution is -2.42. The molecule has 0 spiro atoms. The first-order chi connectivity index (χ1) is 9.08. The van der Waals surface area contributed by atoms with Crippen molar-refractivity contribution in [3.05, 3.63) is 29.8 Å². The molecule has 0 saturated carbocycles. The van der Waals surface area contributed by atoms with E-state index < -0.39 is 12.0 Å². The highest BCUT2D eigenvalue weighted by Crippen LogP contribution is 2.19. The summed E-state index contributed by atoms with van der Waals surface area (Å²) in [6, 6.07) is 6.67. The zero-order chi connectivity index (χ0) is 14.3. The monoisotopic (exact) mass is 265 g/mol. The highest BCUT2D eigenvalue weighted by Gasteiger charge is 2.22. The average molecular weight is 265 g/mol. The van der Waals surface area contributed by atoms with Crippen LogP contribution in [0.25, 0.3) is 0 Å². The standard InChI is InChI=1S/C14H19NO4/c1-4-19-14(17)12(15-10(2)16)9-11-7-5-6-8-13(11)18-3/h5-8,12H,4,9H2,1-3H3,(H,15,16). The molecule has 1 rings (SSSR count). The Morgan fingerprint density at radius 2 is 2.00 bits per heavy atom. The molecule has 0 aliphatic heterocycles. The number of carbonyl (C=O) groups excluding carboxylic acids is 2. The lowest BCUT2D eigenvalue weighted by molar-refractivity contribution is -0.147. The summed E-state index contributed by atoms with van der Waals surface area (Å²) in [6.45, 7) is 3.38. The molecule has 1 aromatic rings. The smallest absolute Gasteiger partial charge is 0.328 e. The molecule has 0 radical (unpaired) electrons. The van der Waals surface area contributed by atoms with Gasteiger partial charge >= 0.3 is 5.97 Å². The molecule has 1 unspecified atom stereocenters. The number of carbonyl (C=O) groups is 2. The first-order valence-electron chi connectivity index (χ1n) is 6.14. The van der Waals surface area contributed by atoms with Crippen molar-refractivity contribution in [2.45, 2.75) is 26.3 Å². The molecule has 0 saturated heterocycles. The van der Waals surface area contributed by atoms with Crippen LogP contribution >= 0.6 is 0 Å². The van der Waals surface area contributed by atoms with E-state index in [1.807, 2.05) is 24.3 Å². The Morgan fingerprint density at radius 3 is 2.58 bits per heavy atom. The molecular weight excluding hydrogens is 246 g/mol. The van der Waals surface area contributed by atoms with Crippen LogP contribution in [0.4, 0.5) is 0 Å². The number of benzene rings is 1. The normalized spacial score (nSPS) is 11.5. The number of nitrogens with one attached hydrogen (secondary N) is 1. The Balaban J connectivity index is 2.87. The summed E-state index contributed by atoms with van der Waals surface area (Å²) in [6.07, 6.45) is 0.336. The topological polar surface area (TPSA) is 64.6 Å². The van der Waals surface area contributed by atoms with Crippen molar-refractivity contribution in [3.8, 4) is 5.75 Å². The number of esters is 1. The molecule has 104 valence electrons. The lowest BCUT2D eigenvalue weighted by atomic mass is 10.0. The molecule has 0 aliphatic carbocycles. The van der Waals surface area contributed by atoms with Crippen LogP contribution in [0.1, 0.15) is 19.4 Å². The van der Waals surface area contributed by atoms with E-state index >= 15 is 0 Å². The third kappa shape index (κ3) is 4.62. The van der Waals surface area contributed by atoms with Crippen LogP contribution in [-0.2, 0) is 20.7 Å². The van der Waals surface area contributed by atoms with Gasteiger partial charge in [-0.25, -0.2) is 4.79 Å². The minimum atomic E-state index is -0.700. The minimum absolute atomic E-state index is 0.270. The first kappa shape index (κ1) is 15.0. The van der Waals surface area contributed by atoms with Crippen molar-refractivity contribution < 1.29 is 19.1 Å². The zero-order valence-corrected chi connectivity index (χ0v) is 11.4. The van der Waals surface area contributed by atoms with Gasteiger partial charge in [-0.3, -0.25) is 4.79 Å². The highest BCUT2D eigenvalue weighted by molar-refractivity contribution is 5.83. The van der Waals surface area contributed by atoms with Crippen molar-refractivity contribution in [1.29, 1.82) is 0 Å². The van der Waals surface area contributed by atoms with Gasteiger partial charge in [0.05, 0.1) is 13.7 Å². The number of methoxy groups -OCH3 is 1. The van der Waals surface area contributed by atoms with E-state index in [4.69, 9.17) is 9.47 Å². The molecule has 0 aromatic heterocycles. The van der Waals surface area contributed by atoms with Crippen molar-refractivity contribution >= 4 is 11.9 Å². The molecule has 1 aromatic carbocycles. The molecule has 0 heterocycles. The molecular formula is C14H19NO4. The molecule has 5 nitrogen and oxygen atoms in total. The van der Waals surface area contributed by atoms with Gasteiger partial charge in [0.25, 0.3) is 0 Å². The van der Waals surface area contributed by atoms with Crippen LogP contribution in [0.5, 0.6) is 5.75 Å². The van der Waals surface area contributed by atoms with Gasteiger partial charge in [0.15, 0.2) is 0 Å². The first-order valence-corrected chi connectivity index (χ1v) is 6.14. The van der Waals surface area contributed by atoms with E-state index in [0.29, 0.717) is 12.2 Å². The largest absolute Gasteiger partial charge is 0.496 e. The number of hydrogen-bond acceptors (Lipinski definition) is 4. The lowest BCUT2D eigenvalue weighted by Gasteiger charge is -2.17. The van der Waals surface area contributed by atoms with Crippen LogP contribution in [0, 0.1) is 0 Å². The van der Waals surface area contributed by atoms with Gasteiger partial charge in [-0.2, -0.15) is 0 Å². The van der Waals surface area contributed by atoms with Crippen LogP contribution in [0.15, 0.2) is 24.3 Å². The average Bonchev–Trinajstić information content (AvgIpc) is 2.38. The molecule has 0 bridgehead atoms. The Morgan fingerprint density at radius 1 is 1.32 bits per heavy atom. The summed E-state index contributed by atoms with van der Waals surface area (Å²) in [4.78, 5) is 23.0. The second-order valence-corrected chi connectivity index (χ2v) is 4.02. The number of rotatable bonds is 6. The number of hydrogen-bond donors (Lipinski definition) is 1. The third-order valence-corrected chi connectivity index (χ3v) is 2.57. The molecule has 1 N–H and O–H groups in total. The summed E-state index contributed by atoms with van der Waals surface area (Å²) in [7, 11) is 1.57. The summed E-state index contributed by atoms with van der Waals surface area (Å²) >= 11 is 0. The quantitative estimate of drug-likeness (QED) is 0.788. The summed E-state index contributed by atoms with van der Waals surface area (Å²) < 4.78 is 10.2. The Hall–Kier alpha value is -2.04. The van der Waals surface area contributed by atoms with Gasteiger partial charge in [0.2, 0.25) is 5.91 Å². The number of para-hydroxylation sites is 1. The fourth-order valence-corrected chi connectivity index (χ4v) is 1.77. The van der Waals surface area contributed by atoms with Crippen LogP contribution < -0.4 is 10.1 Å². The van der Waals surface area contributed by atoms with Gasteiger partial charge in [0, 0.05) is 13.3 Å². The second kappa shape index (κ2) is 7.41. The predicted octanol–water partition coefficient (Wildman–Crippen LogP) is 1.31. The van der Waals surface area contributed by atoms with Gasteiger partial charge < -0.3 is 14.8 Å². The van der Waals surface area contributed by atoms with Crippen LogP contribution in [-0.4, -0.2) is 31.6 Å². The molecule has 5 heteroatoms. The number of amides is 1. The van der Waals surface area contributed by atoms with E-state index in [1.54, 1.807) is 14.0 Å². The molecule has 1 atom stereocenters. The zero-order valence-electron chi connectivity index (χ0n) is 11.4. The van der Waals surface area contributed by atoms with Crippen molar-refractivity contribution in [3.63, 3.8) is 0 Å². The maximum absolute atomic E-state index is 11.8. The second-order valence-electron chi connectivity index (χ2n) is 4.02. The van der Waals surface area contributed by atoms with E-state index in [1.165, 1.54) is 6.92 Å². The fraction of sp³-hybridized carbons (Fsp3) is 0.429. The fourth-order valence-electron chi connectivity index (χ4n) is 1.77. The SMILES string of the molecule is CCOC(=O)C(Cc1ccccc1OC)NC(C)=O. The maximum atomic E-state index is 11.8. The minimum Gasteiger partial charge on any atom is -0.496 e. The number of ether oxygens (including phenoxy) is 2. The Bertz CT molecular complexity index is 445. The van der Waals surface area contributed by atoms with Gasteiger partial charge in [-0.15, -0.1) is 0 Å². The van der Waals surface area contributed by atoms with Crippen LogP contribution in [0.2, 0.25) is 0 Å². The predicted molar refractivity (Wildman–Crippen MR) is 70.9 cm³/mol. The van der Waals surface area contributed by atoms with E-state index in [0.717, 1.165) is 5.56 Å². The Kier molecular flexibility index (Phi) is 5.85. The van der Waals surface area contributed by atoms with Crippen molar-refractivity contribution in [1.82, 2.24) is 5.32 Å². The molecule has 19 heavy (non-hydrogen) atoms. The van der Waals surface area contributed by atoms with E-state index in [2.05, 4.69) is 5.32 Å². The highest BCUT2D eigenvalue weighted by atomic mass is 16.5. The Labute approximate surface area is 112 Å². The van der Waals surface area contributed by atoms with Crippen molar-refractivity contribution in [2.24, 2.45) is 0 Å². The van der Waals surface area contributed by atoms with E-state index in [9.17, 15) is 9.59 Å². The maximum Gasteiger partial charge on any atom is 0.328 e. The molecule has 1 amide bonds. The third-order valence-electron chi connectivity index (χ3n) is 2.57. The van der Waals surface area contributed by atoms with Crippen molar-refractivity contribution in [2.75, 3.05) is 13.7 Å².